The van der Waals surface area contributed by atoms with Gasteiger partial charge in [-0.2, -0.15) is 0 Å². The van der Waals surface area contributed by atoms with Gasteiger partial charge in [0.1, 0.15) is 11.3 Å². The Morgan fingerprint density at radius 2 is 2.11 bits per heavy atom. The van der Waals surface area contributed by atoms with Crippen molar-refractivity contribution in [2.45, 2.75) is 18.9 Å². The fraction of sp³-hybridized carbons (Fsp3) is 0.385. The van der Waals surface area contributed by atoms with Crippen molar-refractivity contribution in [1.29, 1.82) is 0 Å². The van der Waals surface area contributed by atoms with E-state index >= 15 is 0 Å². The number of nitrogens with zero attached hydrogens (tertiary/aromatic N) is 1. The summed E-state index contributed by atoms with van der Waals surface area (Å²) in [4.78, 5) is 24.5. The Bertz CT molecular complexity index is 511. The minimum Gasteiger partial charge on any atom is -0.496 e. The summed E-state index contributed by atoms with van der Waals surface area (Å²) < 4.78 is 5.00. The van der Waals surface area contributed by atoms with E-state index < -0.39 is 5.97 Å². The highest BCUT2D eigenvalue weighted by Gasteiger charge is 2.29. The molecule has 1 fully saturated rings. The summed E-state index contributed by atoms with van der Waals surface area (Å²) in [6, 6.07) is 4.58. The van der Waals surface area contributed by atoms with Crippen LogP contribution in [0.5, 0.6) is 5.75 Å². The molecule has 0 saturated heterocycles. The van der Waals surface area contributed by atoms with Crippen LogP contribution in [-0.2, 0) is 0 Å². The number of rotatable bonds is 4. The second-order valence-corrected chi connectivity index (χ2v) is 4.49. The summed E-state index contributed by atoms with van der Waals surface area (Å²) in [5.41, 5.74) is 0.579. The molecular weight excluding hydrogens is 248 g/mol. The molecule has 6 heteroatoms. The molecule has 1 aromatic carbocycles. The van der Waals surface area contributed by atoms with E-state index in [1.165, 1.54) is 19.2 Å². The quantitative estimate of drug-likeness (QED) is 0.872. The van der Waals surface area contributed by atoms with Crippen molar-refractivity contribution in [2.75, 3.05) is 19.5 Å². The smallest absolute Gasteiger partial charge is 0.339 e. The number of nitrogens with one attached hydrogen (secondary N) is 1. The topological polar surface area (TPSA) is 78.9 Å². The molecule has 1 aliphatic rings. The van der Waals surface area contributed by atoms with Crippen molar-refractivity contribution in [1.82, 2.24) is 4.90 Å². The molecule has 0 aliphatic heterocycles. The number of carboxylic acid groups (broad SMARTS) is 1. The van der Waals surface area contributed by atoms with Gasteiger partial charge in [0, 0.05) is 24.8 Å². The van der Waals surface area contributed by atoms with E-state index in [0.717, 1.165) is 12.8 Å². The zero-order chi connectivity index (χ0) is 14.0. The van der Waals surface area contributed by atoms with E-state index in [-0.39, 0.29) is 17.3 Å². The molecule has 2 N–H and O–H groups in total. The van der Waals surface area contributed by atoms with Crippen LogP contribution >= 0.6 is 0 Å². The number of carboxylic acids is 1. The van der Waals surface area contributed by atoms with Crippen molar-refractivity contribution < 1.29 is 19.4 Å². The van der Waals surface area contributed by atoms with Gasteiger partial charge in [0.05, 0.1) is 7.11 Å². The lowest BCUT2D eigenvalue weighted by molar-refractivity contribution is 0.0693. The van der Waals surface area contributed by atoms with Crippen molar-refractivity contribution >= 4 is 17.7 Å². The fourth-order valence-corrected chi connectivity index (χ4v) is 1.78. The number of benzene rings is 1. The van der Waals surface area contributed by atoms with Crippen LogP contribution < -0.4 is 10.1 Å². The SMILES string of the molecule is COc1cc(NC(=O)N(C)C2CC2)ccc1C(=O)O. The molecule has 1 aliphatic carbocycles. The highest BCUT2D eigenvalue weighted by atomic mass is 16.5. The highest BCUT2D eigenvalue weighted by Crippen LogP contribution is 2.27. The normalized spacial score (nSPS) is 13.8. The number of carbonyl (C=O) groups is 2. The number of anilines is 1. The van der Waals surface area contributed by atoms with Gasteiger partial charge in [-0.3, -0.25) is 0 Å². The standard InChI is InChI=1S/C13H16N2O4/c1-15(9-4-5-9)13(18)14-8-3-6-10(12(16)17)11(7-8)19-2/h3,6-7,9H,4-5H2,1-2H3,(H,14,18)(H,16,17). The molecule has 102 valence electrons. The highest BCUT2D eigenvalue weighted by molar-refractivity contribution is 5.94. The molecule has 1 aromatic rings. The van der Waals surface area contributed by atoms with Crippen LogP contribution in [0.1, 0.15) is 23.2 Å². The number of methoxy groups -OCH3 is 1. The van der Waals surface area contributed by atoms with Gasteiger partial charge in [-0.25, -0.2) is 9.59 Å². The lowest BCUT2D eigenvalue weighted by atomic mass is 10.2. The summed E-state index contributed by atoms with van der Waals surface area (Å²) in [5, 5.41) is 11.7. The minimum absolute atomic E-state index is 0.0658. The lowest BCUT2D eigenvalue weighted by Gasteiger charge is -2.17. The second-order valence-electron chi connectivity index (χ2n) is 4.49. The van der Waals surface area contributed by atoms with Crippen LogP contribution in [0.3, 0.4) is 0 Å². The number of ether oxygens (including phenoxy) is 1. The molecule has 0 aromatic heterocycles. The van der Waals surface area contributed by atoms with Crippen LogP contribution in [-0.4, -0.2) is 42.2 Å². The Balaban J connectivity index is 2.12. The maximum absolute atomic E-state index is 11.9. The van der Waals surface area contributed by atoms with Gasteiger partial charge in [0.2, 0.25) is 0 Å². The largest absolute Gasteiger partial charge is 0.496 e. The van der Waals surface area contributed by atoms with Gasteiger partial charge in [-0.1, -0.05) is 0 Å². The minimum atomic E-state index is -1.06. The first kappa shape index (κ1) is 13.2. The molecule has 2 rings (SSSR count). The van der Waals surface area contributed by atoms with Crippen LogP contribution in [0.25, 0.3) is 0 Å². The summed E-state index contributed by atoms with van der Waals surface area (Å²) >= 11 is 0. The number of amides is 2. The summed E-state index contributed by atoms with van der Waals surface area (Å²) in [6.45, 7) is 0. The molecule has 19 heavy (non-hydrogen) atoms. The van der Waals surface area contributed by atoms with Gasteiger partial charge >= 0.3 is 12.0 Å². The summed E-state index contributed by atoms with van der Waals surface area (Å²) in [6.07, 6.45) is 2.07. The number of carbonyl (C=O) groups excluding carboxylic acids is 1. The van der Waals surface area contributed by atoms with E-state index in [2.05, 4.69) is 5.32 Å². The number of hydrogen-bond donors (Lipinski definition) is 2. The van der Waals surface area contributed by atoms with E-state index in [4.69, 9.17) is 9.84 Å². The number of aromatic carboxylic acids is 1. The van der Waals surface area contributed by atoms with E-state index in [1.54, 1.807) is 18.0 Å². The van der Waals surface area contributed by atoms with Crippen molar-refractivity contribution in [3.63, 3.8) is 0 Å². The molecule has 0 radical (unpaired) electrons. The average molecular weight is 264 g/mol. The Kier molecular flexibility index (Phi) is 3.59. The average Bonchev–Trinajstić information content (AvgIpc) is 3.21. The molecule has 6 nitrogen and oxygen atoms in total. The van der Waals surface area contributed by atoms with Crippen LogP contribution in [0.2, 0.25) is 0 Å². The summed E-state index contributed by atoms with van der Waals surface area (Å²) in [5.74, 6) is -0.843. The van der Waals surface area contributed by atoms with Crippen molar-refractivity contribution in [3.8, 4) is 5.75 Å². The number of urea groups is 1. The van der Waals surface area contributed by atoms with E-state index in [1.807, 2.05) is 0 Å². The van der Waals surface area contributed by atoms with Gasteiger partial charge < -0.3 is 20.1 Å². The third-order valence-corrected chi connectivity index (χ3v) is 3.10. The summed E-state index contributed by atoms with van der Waals surface area (Å²) in [7, 11) is 3.14. The first-order valence-corrected chi connectivity index (χ1v) is 5.98. The van der Waals surface area contributed by atoms with Crippen LogP contribution in [0.15, 0.2) is 18.2 Å². The Labute approximate surface area is 111 Å². The van der Waals surface area contributed by atoms with Crippen LogP contribution in [0, 0.1) is 0 Å². The zero-order valence-electron chi connectivity index (χ0n) is 10.8. The van der Waals surface area contributed by atoms with Gasteiger partial charge in [-0.15, -0.1) is 0 Å². The van der Waals surface area contributed by atoms with Gasteiger partial charge in [0.15, 0.2) is 0 Å². The fourth-order valence-electron chi connectivity index (χ4n) is 1.78. The lowest BCUT2D eigenvalue weighted by Crippen LogP contribution is -2.33. The second kappa shape index (κ2) is 5.17. The predicted octanol–water partition coefficient (Wildman–Crippen LogP) is 2.02. The van der Waals surface area contributed by atoms with E-state index in [9.17, 15) is 9.59 Å². The third kappa shape index (κ3) is 2.96. The Morgan fingerprint density at radius 1 is 1.42 bits per heavy atom. The molecule has 0 atom stereocenters. The molecule has 2 amide bonds. The Hall–Kier alpha value is -2.24. The monoisotopic (exact) mass is 264 g/mol. The molecular formula is C13H16N2O4. The first-order chi connectivity index (χ1) is 9.02. The van der Waals surface area contributed by atoms with E-state index in [0.29, 0.717) is 11.7 Å². The maximum atomic E-state index is 11.9. The van der Waals surface area contributed by atoms with Crippen molar-refractivity contribution in [2.24, 2.45) is 0 Å². The maximum Gasteiger partial charge on any atom is 0.339 e. The molecule has 0 unspecified atom stereocenters. The first-order valence-electron chi connectivity index (χ1n) is 5.98. The van der Waals surface area contributed by atoms with Crippen molar-refractivity contribution in [3.05, 3.63) is 23.8 Å². The predicted molar refractivity (Wildman–Crippen MR) is 69.8 cm³/mol. The van der Waals surface area contributed by atoms with Gasteiger partial charge in [-0.05, 0) is 25.0 Å². The number of hydrogen-bond acceptors (Lipinski definition) is 3. The molecule has 1 saturated carbocycles. The van der Waals surface area contributed by atoms with Crippen LogP contribution in [0.4, 0.5) is 10.5 Å². The molecule has 0 spiro atoms. The zero-order valence-corrected chi connectivity index (χ0v) is 10.8. The molecule has 0 heterocycles. The Morgan fingerprint density at radius 3 is 2.63 bits per heavy atom. The third-order valence-electron chi connectivity index (χ3n) is 3.10. The van der Waals surface area contributed by atoms with Gasteiger partial charge in [0.25, 0.3) is 0 Å². The molecule has 0 bridgehead atoms.